The van der Waals surface area contributed by atoms with Crippen LogP contribution in [0.1, 0.15) is 19.4 Å². The maximum absolute atomic E-state index is 11.8. The van der Waals surface area contributed by atoms with Gasteiger partial charge < -0.3 is 10.1 Å². The number of nitrogens with zero attached hydrogens (tertiary/aromatic N) is 1. The van der Waals surface area contributed by atoms with Crippen LogP contribution < -0.4 is 5.32 Å². The van der Waals surface area contributed by atoms with Crippen molar-refractivity contribution in [1.82, 2.24) is 0 Å². The van der Waals surface area contributed by atoms with Gasteiger partial charge in [0.1, 0.15) is 0 Å². The molecule has 5 nitrogen and oxygen atoms in total. The largest absolute Gasteiger partial charge is 0.449 e. The summed E-state index contributed by atoms with van der Waals surface area (Å²) >= 11 is 0. The van der Waals surface area contributed by atoms with Crippen molar-refractivity contribution < 1.29 is 14.3 Å². The Hall–Kier alpha value is -2.61. The van der Waals surface area contributed by atoms with Crippen LogP contribution in [0.25, 0.3) is 0 Å². The van der Waals surface area contributed by atoms with E-state index in [0.29, 0.717) is 11.3 Å². The van der Waals surface area contributed by atoms with Gasteiger partial charge in [-0.3, -0.25) is 4.79 Å². The highest BCUT2D eigenvalue weighted by molar-refractivity contribution is 5.96. The maximum atomic E-state index is 11.8. The SMILES string of the molecule is C/C=C/C(=O)O[C@H](C)C(=O)Nc1cccc(C#N)c1. The van der Waals surface area contributed by atoms with E-state index >= 15 is 0 Å². The molecule has 0 spiro atoms. The highest BCUT2D eigenvalue weighted by Crippen LogP contribution is 2.10. The van der Waals surface area contributed by atoms with Gasteiger partial charge in [0.05, 0.1) is 11.6 Å². The number of carbonyl (C=O) groups is 2. The average molecular weight is 258 g/mol. The Morgan fingerprint density at radius 2 is 2.21 bits per heavy atom. The third-order valence-corrected chi connectivity index (χ3v) is 2.22. The molecular weight excluding hydrogens is 244 g/mol. The van der Waals surface area contributed by atoms with E-state index in [4.69, 9.17) is 10.00 Å². The number of amides is 1. The zero-order chi connectivity index (χ0) is 14.3. The minimum absolute atomic E-state index is 0.441. The van der Waals surface area contributed by atoms with Crippen LogP contribution in [0.4, 0.5) is 5.69 Å². The summed E-state index contributed by atoms with van der Waals surface area (Å²) < 4.78 is 4.88. The van der Waals surface area contributed by atoms with E-state index in [2.05, 4.69) is 5.32 Å². The summed E-state index contributed by atoms with van der Waals surface area (Å²) in [5.41, 5.74) is 0.925. The van der Waals surface area contributed by atoms with E-state index in [1.807, 2.05) is 6.07 Å². The van der Waals surface area contributed by atoms with Crippen LogP contribution >= 0.6 is 0 Å². The Kier molecular flexibility index (Phi) is 5.30. The molecule has 0 saturated carbocycles. The number of esters is 1. The second-order valence-corrected chi connectivity index (χ2v) is 3.76. The topological polar surface area (TPSA) is 79.2 Å². The molecular formula is C14H14N2O3. The number of ether oxygens (including phenoxy) is 1. The van der Waals surface area contributed by atoms with E-state index in [1.54, 1.807) is 31.2 Å². The number of hydrogen-bond acceptors (Lipinski definition) is 4. The molecule has 1 amide bonds. The lowest BCUT2D eigenvalue weighted by Gasteiger charge is -2.12. The first-order valence-corrected chi connectivity index (χ1v) is 5.71. The second-order valence-electron chi connectivity index (χ2n) is 3.76. The Balaban J connectivity index is 2.63. The summed E-state index contributed by atoms with van der Waals surface area (Å²) in [6.45, 7) is 3.16. The lowest BCUT2D eigenvalue weighted by atomic mass is 10.2. The van der Waals surface area contributed by atoms with Crippen molar-refractivity contribution in [2.45, 2.75) is 20.0 Å². The van der Waals surface area contributed by atoms with Gasteiger partial charge in [-0.05, 0) is 32.0 Å². The maximum Gasteiger partial charge on any atom is 0.331 e. The predicted octanol–water partition coefficient (Wildman–Crippen LogP) is 2.00. The summed E-state index contributed by atoms with van der Waals surface area (Å²) in [6.07, 6.45) is 1.86. The lowest BCUT2D eigenvalue weighted by molar-refractivity contribution is -0.148. The molecule has 0 aliphatic rings. The van der Waals surface area contributed by atoms with Crippen molar-refractivity contribution in [1.29, 1.82) is 5.26 Å². The molecule has 0 heterocycles. The first-order chi connectivity index (χ1) is 9.06. The fourth-order valence-electron chi connectivity index (χ4n) is 1.31. The van der Waals surface area contributed by atoms with Gasteiger partial charge in [-0.1, -0.05) is 12.1 Å². The molecule has 0 aliphatic heterocycles. The normalized spacial score (nSPS) is 11.6. The molecule has 1 N–H and O–H groups in total. The van der Waals surface area contributed by atoms with E-state index in [1.165, 1.54) is 19.1 Å². The Bertz CT molecular complexity index is 544. The fourth-order valence-corrected chi connectivity index (χ4v) is 1.31. The number of nitriles is 1. The summed E-state index contributed by atoms with van der Waals surface area (Å²) in [4.78, 5) is 22.9. The third-order valence-electron chi connectivity index (χ3n) is 2.22. The molecule has 0 bridgehead atoms. The van der Waals surface area contributed by atoms with Gasteiger partial charge in [-0.2, -0.15) is 5.26 Å². The van der Waals surface area contributed by atoms with E-state index in [-0.39, 0.29) is 0 Å². The monoisotopic (exact) mass is 258 g/mol. The van der Waals surface area contributed by atoms with E-state index in [9.17, 15) is 9.59 Å². The quantitative estimate of drug-likeness (QED) is 0.661. The molecule has 19 heavy (non-hydrogen) atoms. The number of nitrogens with one attached hydrogen (secondary N) is 1. The van der Waals surface area contributed by atoms with Crippen LogP contribution in [0.2, 0.25) is 0 Å². The zero-order valence-corrected chi connectivity index (χ0v) is 10.7. The van der Waals surface area contributed by atoms with Crippen LogP contribution in [-0.2, 0) is 14.3 Å². The summed E-state index contributed by atoms with van der Waals surface area (Å²) in [5.74, 6) is -1.02. The minimum atomic E-state index is -0.908. The Morgan fingerprint density at radius 1 is 1.47 bits per heavy atom. The number of rotatable bonds is 4. The van der Waals surface area contributed by atoms with Crippen LogP contribution in [0, 0.1) is 11.3 Å². The molecule has 0 unspecified atom stereocenters. The van der Waals surface area contributed by atoms with Gasteiger partial charge in [0, 0.05) is 11.8 Å². The molecule has 0 radical (unpaired) electrons. The lowest BCUT2D eigenvalue weighted by Crippen LogP contribution is -2.29. The van der Waals surface area contributed by atoms with Crippen molar-refractivity contribution >= 4 is 17.6 Å². The molecule has 1 aromatic carbocycles. The van der Waals surface area contributed by atoms with Crippen molar-refractivity contribution in [3.8, 4) is 6.07 Å². The molecule has 1 aromatic rings. The second kappa shape index (κ2) is 6.97. The smallest absolute Gasteiger partial charge is 0.331 e. The molecule has 98 valence electrons. The molecule has 0 aromatic heterocycles. The average Bonchev–Trinajstić information content (AvgIpc) is 2.39. The standard InChI is InChI=1S/C14H14N2O3/c1-3-5-13(17)19-10(2)14(18)16-12-7-4-6-11(8-12)9-15/h3-8,10H,1-2H3,(H,16,18)/b5-3+/t10-/m1/s1. The molecule has 1 atom stereocenters. The van der Waals surface area contributed by atoms with E-state index < -0.39 is 18.0 Å². The van der Waals surface area contributed by atoms with Gasteiger partial charge in [0.15, 0.2) is 6.10 Å². The van der Waals surface area contributed by atoms with Crippen molar-refractivity contribution in [2.75, 3.05) is 5.32 Å². The molecule has 0 aliphatic carbocycles. The van der Waals surface area contributed by atoms with Crippen molar-refractivity contribution in [3.05, 3.63) is 42.0 Å². The van der Waals surface area contributed by atoms with Crippen LogP contribution in [-0.4, -0.2) is 18.0 Å². The van der Waals surface area contributed by atoms with Gasteiger partial charge in [0.2, 0.25) is 0 Å². The van der Waals surface area contributed by atoms with Crippen LogP contribution in [0.3, 0.4) is 0 Å². The van der Waals surface area contributed by atoms with Gasteiger partial charge >= 0.3 is 5.97 Å². The highest BCUT2D eigenvalue weighted by atomic mass is 16.5. The number of carbonyl (C=O) groups excluding carboxylic acids is 2. The molecule has 0 fully saturated rings. The number of anilines is 1. The molecule has 5 heteroatoms. The van der Waals surface area contributed by atoms with Gasteiger partial charge in [-0.25, -0.2) is 4.79 Å². The third kappa shape index (κ3) is 4.64. The number of allylic oxidation sites excluding steroid dienone is 1. The summed E-state index contributed by atoms with van der Waals surface area (Å²) in [7, 11) is 0. The van der Waals surface area contributed by atoms with E-state index in [0.717, 1.165) is 0 Å². The highest BCUT2D eigenvalue weighted by Gasteiger charge is 2.16. The fraction of sp³-hybridized carbons (Fsp3) is 0.214. The van der Waals surface area contributed by atoms with Crippen LogP contribution in [0.15, 0.2) is 36.4 Å². The Labute approximate surface area is 111 Å². The molecule has 1 rings (SSSR count). The van der Waals surface area contributed by atoms with Gasteiger partial charge in [-0.15, -0.1) is 0 Å². The van der Waals surface area contributed by atoms with Crippen LogP contribution in [0.5, 0.6) is 0 Å². The predicted molar refractivity (Wildman–Crippen MR) is 70.2 cm³/mol. The van der Waals surface area contributed by atoms with Crippen molar-refractivity contribution in [2.24, 2.45) is 0 Å². The summed E-state index contributed by atoms with van der Waals surface area (Å²) in [5, 5.41) is 11.3. The first-order valence-electron chi connectivity index (χ1n) is 5.71. The number of benzene rings is 1. The minimum Gasteiger partial charge on any atom is -0.449 e. The number of hydrogen-bond donors (Lipinski definition) is 1. The Morgan fingerprint density at radius 3 is 2.84 bits per heavy atom. The first kappa shape index (κ1) is 14.5. The summed E-state index contributed by atoms with van der Waals surface area (Å²) in [6, 6.07) is 8.45. The molecule has 0 saturated heterocycles. The van der Waals surface area contributed by atoms with Crippen molar-refractivity contribution in [3.63, 3.8) is 0 Å². The van der Waals surface area contributed by atoms with Gasteiger partial charge in [0.25, 0.3) is 5.91 Å². The zero-order valence-electron chi connectivity index (χ0n) is 10.7.